The van der Waals surface area contributed by atoms with E-state index in [1.807, 2.05) is 30.3 Å². The number of halogens is 1. The molecule has 0 aromatic heterocycles. The summed E-state index contributed by atoms with van der Waals surface area (Å²) in [4.78, 5) is 13.8. The van der Waals surface area contributed by atoms with Gasteiger partial charge in [-0.25, -0.2) is 9.18 Å². The smallest absolute Gasteiger partial charge is 0.337 e. The van der Waals surface area contributed by atoms with Crippen LogP contribution in [0.25, 0.3) is 0 Å². The van der Waals surface area contributed by atoms with Gasteiger partial charge in [-0.05, 0) is 53.1 Å². The number of benzene rings is 3. The van der Waals surface area contributed by atoms with Gasteiger partial charge in [-0.2, -0.15) is 5.26 Å². The minimum absolute atomic E-state index is 0.261. The third kappa shape index (κ3) is 5.74. The van der Waals surface area contributed by atoms with Crippen LogP contribution in [-0.4, -0.2) is 18.0 Å². The average molecular weight is 388 g/mol. The SMILES string of the molecule is COC(=O)c1ccc(CN(Cc2ccc(C#N)cc2)Cc2cccc(F)c2)cc1. The lowest BCUT2D eigenvalue weighted by Gasteiger charge is -2.23. The predicted molar refractivity (Wildman–Crippen MR) is 108 cm³/mol. The highest BCUT2D eigenvalue weighted by atomic mass is 19.1. The molecule has 3 aromatic carbocycles. The molecule has 146 valence electrons. The number of hydrogen-bond acceptors (Lipinski definition) is 4. The Labute approximate surface area is 169 Å². The Bertz CT molecular complexity index is 1010. The van der Waals surface area contributed by atoms with Gasteiger partial charge in [0.05, 0.1) is 24.3 Å². The molecule has 0 aliphatic carbocycles. The molecule has 0 N–H and O–H groups in total. The fourth-order valence-corrected chi connectivity index (χ4v) is 3.13. The molecule has 0 aliphatic rings. The molecule has 0 spiro atoms. The summed E-state index contributed by atoms with van der Waals surface area (Å²) in [6.07, 6.45) is 0. The van der Waals surface area contributed by atoms with E-state index in [2.05, 4.69) is 11.0 Å². The van der Waals surface area contributed by atoms with Crippen molar-refractivity contribution in [2.24, 2.45) is 0 Å². The van der Waals surface area contributed by atoms with Gasteiger partial charge < -0.3 is 4.74 Å². The minimum Gasteiger partial charge on any atom is -0.465 e. The first kappa shape index (κ1) is 20.2. The zero-order valence-corrected chi connectivity index (χ0v) is 16.1. The van der Waals surface area contributed by atoms with Crippen LogP contribution in [0.4, 0.5) is 4.39 Å². The molecule has 0 bridgehead atoms. The maximum absolute atomic E-state index is 13.6. The van der Waals surface area contributed by atoms with Crippen LogP contribution in [0.1, 0.15) is 32.6 Å². The first-order valence-corrected chi connectivity index (χ1v) is 9.20. The van der Waals surface area contributed by atoms with Crippen LogP contribution >= 0.6 is 0 Å². The Morgan fingerprint density at radius 1 is 0.931 bits per heavy atom. The maximum atomic E-state index is 13.6. The van der Waals surface area contributed by atoms with E-state index >= 15 is 0 Å². The summed E-state index contributed by atoms with van der Waals surface area (Å²) in [6, 6.07) is 23.4. The van der Waals surface area contributed by atoms with Gasteiger partial charge in [0.15, 0.2) is 0 Å². The van der Waals surface area contributed by atoms with Crippen molar-refractivity contribution >= 4 is 5.97 Å². The van der Waals surface area contributed by atoms with Crippen molar-refractivity contribution in [2.45, 2.75) is 19.6 Å². The molecule has 0 saturated heterocycles. The molecule has 3 rings (SSSR count). The van der Waals surface area contributed by atoms with Crippen LogP contribution in [0.2, 0.25) is 0 Å². The monoisotopic (exact) mass is 388 g/mol. The van der Waals surface area contributed by atoms with Gasteiger partial charge in [0.1, 0.15) is 5.82 Å². The van der Waals surface area contributed by atoms with Gasteiger partial charge in [-0.1, -0.05) is 36.4 Å². The second kappa shape index (κ2) is 9.63. The van der Waals surface area contributed by atoms with E-state index in [1.54, 1.807) is 30.3 Å². The average Bonchev–Trinajstić information content (AvgIpc) is 2.74. The van der Waals surface area contributed by atoms with Gasteiger partial charge in [0.2, 0.25) is 0 Å². The van der Waals surface area contributed by atoms with E-state index in [0.29, 0.717) is 30.8 Å². The number of carbonyl (C=O) groups is 1. The molecule has 4 nitrogen and oxygen atoms in total. The quantitative estimate of drug-likeness (QED) is 0.551. The molecule has 0 fully saturated rings. The Hall–Kier alpha value is -3.49. The van der Waals surface area contributed by atoms with E-state index in [-0.39, 0.29) is 11.8 Å². The van der Waals surface area contributed by atoms with Gasteiger partial charge in [-0.3, -0.25) is 4.90 Å². The molecular formula is C24H21FN2O2. The minimum atomic E-state index is -0.370. The topological polar surface area (TPSA) is 53.3 Å². The standard InChI is InChI=1S/C24H21FN2O2/c1-29-24(28)22-11-9-20(10-12-22)16-27(17-21-3-2-4-23(25)13-21)15-19-7-5-18(14-26)6-8-19/h2-13H,15-17H2,1H3. The number of methoxy groups -OCH3 is 1. The fourth-order valence-electron chi connectivity index (χ4n) is 3.13. The van der Waals surface area contributed by atoms with E-state index in [0.717, 1.165) is 16.7 Å². The number of ether oxygens (including phenoxy) is 1. The first-order valence-electron chi connectivity index (χ1n) is 9.20. The zero-order valence-electron chi connectivity index (χ0n) is 16.1. The summed E-state index contributed by atoms with van der Waals surface area (Å²) in [6.45, 7) is 1.83. The number of rotatable bonds is 7. The van der Waals surface area contributed by atoms with Crippen LogP contribution in [0.5, 0.6) is 0 Å². The lowest BCUT2D eigenvalue weighted by Crippen LogP contribution is -2.22. The van der Waals surface area contributed by atoms with Crippen molar-refractivity contribution in [1.82, 2.24) is 4.90 Å². The second-order valence-corrected chi connectivity index (χ2v) is 6.77. The van der Waals surface area contributed by atoms with E-state index in [4.69, 9.17) is 10.00 Å². The van der Waals surface area contributed by atoms with Crippen LogP contribution < -0.4 is 0 Å². The third-order valence-corrected chi connectivity index (χ3v) is 4.57. The van der Waals surface area contributed by atoms with E-state index in [9.17, 15) is 9.18 Å². The van der Waals surface area contributed by atoms with Crippen molar-refractivity contribution in [3.05, 3.63) is 106 Å². The summed E-state index contributed by atoms with van der Waals surface area (Å²) >= 11 is 0. The zero-order chi connectivity index (χ0) is 20.6. The summed E-state index contributed by atoms with van der Waals surface area (Å²) in [5, 5.41) is 8.98. The lowest BCUT2D eigenvalue weighted by molar-refractivity contribution is 0.0600. The second-order valence-electron chi connectivity index (χ2n) is 6.77. The van der Waals surface area contributed by atoms with E-state index < -0.39 is 0 Å². The molecule has 5 heteroatoms. The van der Waals surface area contributed by atoms with Crippen molar-refractivity contribution in [2.75, 3.05) is 7.11 Å². The van der Waals surface area contributed by atoms with Gasteiger partial charge in [0, 0.05) is 19.6 Å². The van der Waals surface area contributed by atoms with Crippen molar-refractivity contribution < 1.29 is 13.9 Å². The molecule has 0 aliphatic heterocycles. The molecule has 0 atom stereocenters. The molecule has 0 unspecified atom stereocenters. The predicted octanol–water partition coefficient (Wildman–Crippen LogP) is 4.69. The third-order valence-electron chi connectivity index (χ3n) is 4.57. The Morgan fingerprint density at radius 3 is 2.07 bits per heavy atom. The van der Waals surface area contributed by atoms with Crippen molar-refractivity contribution in [3.8, 4) is 6.07 Å². The largest absolute Gasteiger partial charge is 0.465 e. The first-order chi connectivity index (χ1) is 14.1. The van der Waals surface area contributed by atoms with Crippen molar-refractivity contribution in [1.29, 1.82) is 5.26 Å². The highest BCUT2D eigenvalue weighted by molar-refractivity contribution is 5.89. The normalized spacial score (nSPS) is 10.6. The number of carbonyl (C=O) groups excluding carboxylic acids is 1. The number of nitriles is 1. The summed E-state index contributed by atoms with van der Waals surface area (Å²) < 4.78 is 18.4. The summed E-state index contributed by atoms with van der Waals surface area (Å²) in [5.74, 6) is -0.631. The number of hydrogen-bond donors (Lipinski definition) is 0. The molecule has 0 amide bonds. The molecule has 29 heavy (non-hydrogen) atoms. The van der Waals surface area contributed by atoms with Gasteiger partial charge in [-0.15, -0.1) is 0 Å². The Morgan fingerprint density at radius 2 is 1.52 bits per heavy atom. The Balaban J connectivity index is 1.79. The molecule has 0 radical (unpaired) electrons. The highest BCUT2D eigenvalue weighted by Gasteiger charge is 2.11. The molecule has 0 heterocycles. The van der Waals surface area contributed by atoms with Crippen LogP contribution in [0.15, 0.2) is 72.8 Å². The summed E-state index contributed by atoms with van der Waals surface area (Å²) in [5.41, 5.74) is 4.09. The van der Waals surface area contributed by atoms with Crippen LogP contribution in [0.3, 0.4) is 0 Å². The number of esters is 1. The lowest BCUT2D eigenvalue weighted by atomic mass is 10.1. The fraction of sp³-hybridized carbons (Fsp3) is 0.167. The highest BCUT2D eigenvalue weighted by Crippen LogP contribution is 2.16. The van der Waals surface area contributed by atoms with Crippen LogP contribution in [0, 0.1) is 17.1 Å². The van der Waals surface area contributed by atoms with Crippen molar-refractivity contribution in [3.63, 3.8) is 0 Å². The van der Waals surface area contributed by atoms with Gasteiger partial charge in [0.25, 0.3) is 0 Å². The molecule has 0 saturated carbocycles. The molecular weight excluding hydrogens is 367 g/mol. The Kier molecular flexibility index (Phi) is 6.72. The number of nitrogens with zero attached hydrogens (tertiary/aromatic N) is 2. The van der Waals surface area contributed by atoms with E-state index in [1.165, 1.54) is 19.2 Å². The maximum Gasteiger partial charge on any atom is 0.337 e. The summed E-state index contributed by atoms with van der Waals surface area (Å²) in [7, 11) is 1.36. The van der Waals surface area contributed by atoms with Gasteiger partial charge >= 0.3 is 5.97 Å². The van der Waals surface area contributed by atoms with Crippen LogP contribution in [-0.2, 0) is 24.4 Å². The molecule has 3 aromatic rings.